The molecule has 0 aromatic heterocycles. The first-order valence-corrected chi connectivity index (χ1v) is 5.06. The maximum Gasteiger partial charge on any atom is 0.325 e. The zero-order valence-electron chi connectivity index (χ0n) is 9.95. The Balaban J connectivity index is 3.68. The van der Waals surface area contributed by atoms with Gasteiger partial charge in [0.05, 0.1) is 26.7 Å². The fourth-order valence-corrected chi connectivity index (χ4v) is 0.798. The average molecular weight is 260 g/mol. The summed E-state index contributed by atoms with van der Waals surface area (Å²) in [4.78, 5) is 43.6. The van der Waals surface area contributed by atoms with Crippen molar-refractivity contribution in [1.29, 1.82) is 0 Å². The third-order valence-electron chi connectivity index (χ3n) is 1.74. The molecule has 0 spiro atoms. The van der Waals surface area contributed by atoms with Crippen LogP contribution >= 0.6 is 0 Å². The summed E-state index contributed by atoms with van der Waals surface area (Å²) < 4.78 is 4.30. The molecule has 9 heteroatoms. The van der Waals surface area contributed by atoms with Crippen LogP contribution in [0.2, 0.25) is 0 Å². The fourth-order valence-electron chi connectivity index (χ4n) is 0.798. The molecule has 0 atom stereocenters. The van der Waals surface area contributed by atoms with E-state index in [1.165, 1.54) is 7.11 Å². The largest absolute Gasteiger partial charge is 0.468 e. The van der Waals surface area contributed by atoms with E-state index < -0.39 is 23.7 Å². The first-order valence-electron chi connectivity index (χ1n) is 5.06. The quantitative estimate of drug-likeness (QED) is 0.350. The maximum absolute atomic E-state index is 11.1. The van der Waals surface area contributed by atoms with Crippen LogP contribution in [0.4, 0.5) is 0 Å². The molecule has 0 bridgehead atoms. The van der Waals surface area contributed by atoms with Crippen LogP contribution < -0.4 is 21.7 Å². The van der Waals surface area contributed by atoms with Crippen LogP contribution in [0, 0.1) is 0 Å². The minimum absolute atomic E-state index is 0.215. The summed E-state index contributed by atoms with van der Waals surface area (Å²) in [5, 5.41) is 6.71. The number of rotatable bonds is 7. The highest BCUT2D eigenvalue weighted by molar-refractivity contribution is 5.89. The Morgan fingerprint density at radius 2 is 1.33 bits per heavy atom. The first kappa shape index (κ1) is 15.8. The van der Waals surface area contributed by atoms with E-state index in [1.54, 1.807) is 0 Å². The second kappa shape index (κ2) is 8.93. The minimum Gasteiger partial charge on any atom is -0.468 e. The molecular weight excluding hydrogens is 244 g/mol. The van der Waals surface area contributed by atoms with Crippen molar-refractivity contribution in [2.24, 2.45) is 5.73 Å². The van der Waals surface area contributed by atoms with E-state index in [0.29, 0.717) is 0 Å². The Morgan fingerprint density at radius 1 is 0.889 bits per heavy atom. The topological polar surface area (TPSA) is 140 Å². The molecule has 3 amide bonds. The third-order valence-corrected chi connectivity index (χ3v) is 1.74. The second-order valence-electron chi connectivity index (χ2n) is 3.11. The molecule has 0 aliphatic rings. The van der Waals surface area contributed by atoms with E-state index in [-0.39, 0.29) is 26.2 Å². The molecule has 0 aliphatic carbocycles. The van der Waals surface area contributed by atoms with Gasteiger partial charge in [0.15, 0.2) is 0 Å². The number of ether oxygens (including phenoxy) is 1. The van der Waals surface area contributed by atoms with Crippen LogP contribution in [0.15, 0.2) is 0 Å². The Hall–Kier alpha value is -2.16. The third kappa shape index (κ3) is 8.05. The molecule has 0 heterocycles. The lowest BCUT2D eigenvalue weighted by molar-refractivity contribution is -0.141. The number of nitrogens with one attached hydrogen (secondary N) is 3. The molecule has 0 saturated carbocycles. The van der Waals surface area contributed by atoms with Crippen LogP contribution in [0.3, 0.4) is 0 Å². The smallest absolute Gasteiger partial charge is 0.325 e. The Bertz CT molecular complexity index is 299. The van der Waals surface area contributed by atoms with Gasteiger partial charge in [0.1, 0.15) is 6.54 Å². The van der Waals surface area contributed by atoms with Gasteiger partial charge in [-0.05, 0) is 0 Å². The van der Waals surface area contributed by atoms with Crippen LogP contribution in [-0.2, 0) is 23.9 Å². The van der Waals surface area contributed by atoms with Crippen molar-refractivity contribution in [2.45, 2.75) is 0 Å². The van der Waals surface area contributed by atoms with Gasteiger partial charge in [-0.25, -0.2) is 0 Å². The highest BCUT2D eigenvalue weighted by Crippen LogP contribution is 1.72. The predicted octanol–water partition coefficient (Wildman–Crippen LogP) is -3.53. The molecular formula is C9H16N4O5. The van der Waals surface area contributed by atoms with E-state index in [1.807, 2.05) is 0 Å². The van der Waals surface area contributed by atoms with E-state index >= 15 is 0 Å². The molecule has 0 radical (unpaired) electrons. The molecule has 0 fully saturated rings. The van der Waals surface area contributed by atoms with Crippen molar-refractivity contribution < 1.29 is 23.9 Å². The summed E-state index contributed by atoms with van der Waals surface area (Å²) in [5.74, 6) is -2.14. The van der Waals surface area contributed by atoms with Crippen molar-refractivity contribution in [3.05, 3.63) is 0 Å². The summed E-state index contributed by atoms with van der Waals surface area (Å²) in [5.41, 5.74) is 5.01. The van der Waals surface area contributed by atoms with Gasteiger partial charge >= 0.3 is 5.97 Å². The molecule has 0 rings (SSSR count). The maximum atomic E-state index is 11.1. The van der Waals surface area contributed by atoms with Crippen LogP contribution in [0.1, 0.15) is 0 Å². The van der Waals surface area contributed by atoms with Gasteiger partial charge in [0, 0.05) is 0 Å². The van der Waals surface area contributed by atoms with E-state index in [9.17, 15) is 19.2 Å². The first-order chi connectivity index (χ1) is 8.49. The van der Waals surface area contributed by atoms with Crippen LogP contribution in [0.25, 0.3) is 0 Å². The molecule has 0 aromatic rings. The predicted molar refractivity (Wildman–Crippen MR) is 60.1 cm³/mol. The highest BCUT2D eigenvalue weighted by Gasteiger charge is 2.08. The van der Waals surface area contributed by atoms with Gasteiger partial charge in [-0.1, -0.05) is 0 Å². The lowest BCUT2D eigenvalue weighted by Gasteiger charge is -2.06. The molecule has 102 valence electrons. The summed E-state index contributed by atoms with van der Waals surface area (Å²) in [6, 6.07) is 0. The Morgan fingerprint density at radius 3 is 1.78 bits per heavy atom. The Labute approximate surface area is 103 Å². The van der Waals surface area contributed by atoms with E-state index in [4.69, 9.17) is 5.73 Å². The zero-order chi connectivity index (χ0) is 14.0. The lowest BCUT2D eigenvalue weighted by atomic mass is 10.5. The number of methoxy groups -OCH3 is 1. The van der Waals surface area contributed by atoms with Gasteiger partial charge in [0.2, 0.25) is 17.7 Å². The number of hydrogen-bond acceptors (Lipinski definition) is 6. The van der Waals surface area contributed by atoms with Crippen LogP contribution in [-0.4, -0.2) is 57.0 Å². The van der Waals surface area contributed by atoms with Crippen molar-refractivity contribution >= 4 is 23.7 Å². The monoisotopic (exact) mass is 260 g/mol. The summed E-state index contributed by atoms with van der Waals surface area (Å²) in [6.07, 6.45) is 0. The SMILES string of the molecule is COC(=O)CNC(=O)CNC(=O)CNC(=O)CN. The van der Waals surface area contributed by atoms with Crippen molar-refractivity contribution in [3.8, 4) is 0 Å². The number of carbonyl (C=O) groups is 4. The zero-order valence-corrected chi connectivity index (χ0v) is 9.95. The molecule has 9 nitrogen and oxygen atoms in total. The minimum atomic E-state index is -0.593. The summed E-state index contributed by atoms with van der Waals surface area (Å²) >= 11 is 0. The molecule has 0 saturated heterocycles. The van der Waals surface area contributed by atoms with Crippen molar-refractivity contribution in [2.75, 3.05) is 33.3 Å². The van der Waals surface area contributed by atoms with Crippen molar-refractivity contribution in [3.63, 3.8) is 0 Å². The summed E-state index contributed by atoms with van der Waals surface area (Å²) in [6.45, 7) is -1.04. The molecule has 18 heavy (non-hydrogen) atoms. The number of hydrogen-bond donors (Lipinski definition) is 4. The number of carbonyl (C=O) groups excluding carboxylic acids is 4. The van der Waals surface area contributed by atoms with E-state index in [0.717, 1.165) is 0 Å². The van der Waals surface area contributed by atoms with Crippen LogP contribution in [0.5, 0.6) is 0 Å². The standard InChI is InChI=1S/C9H16N4O5/c1-18-9(17)5-13-8(16)4-12-7(15)3-11-6(14)2-10/h2-5,10H2,1H3,(H,11,14)(H,12,15)(H,13,16). The lowest BCUT2D eigenvalue weighted by Crippen LogP contribution is -2.43. The normalized spacial score (nSPS) is 9.22. The van der Waals surface area contributed by atoms with Gasteiger partial charge in [0.25, 0.3) is 0 Å². The fraction of sp³-hybridized carbons (Fsp3) is 0.556. The van der Waals surface area contributed by atoms with Gasteiger partial charge in [-0.3, -0.25) is 19.2 Å². The number of amides is 3. The molecule has 0 aliphatic heterocycles. The van der Waals surface area contributed by atoms with Crippen molar-refractivity contribution in [1.82, 2.24) is 16.0 Å². The molecule has 0 aromatic carbocycles. The summed E-state index contributed by atoms with van der Waals surface area (Å²) in [7, 11) is 1.19. The number of esters is 1. The average Bonchev–Trinajstić information content (AvgIpc) is 2.39. The molecule has 0 unspecified atom stereocenters. The van der Waals surface area contributed by atoms with E-state index in [2.05, 4.69) is 20.7 Å². The highest BCUT2D eigenvalue weighted by atomic mass is 16.5. The Kier molecular flexibility index (Phi) is 7.86. The number of nitrogens with two attached hydrogens (primary N) is 1. The second-order valence-corrected chi connectivity index (χ2v) is 3.11. The molecule has 5 N–H and O–H groups in total. The van der Waals surface area contributed by atoms with Gasteiger partial charge in [-0.15, -0.1) is 0 Å². The van der Waals surface area contributed by atoms with Gasteiger partial charge < -0.3 is 26.4 Å². The van der Waals surface area contributed by atoms with Gasteiger partial charge in [-0.2, -0.15) is 0 Å².